The molecule has 0 fully saturated rings. The molecule has 138 valence electrons. The number of para-hydroxylation sites is 3. The van der Waals surface area contributed by atoms with E-state index >= 15 is 0 Å². The maximum absolute atomic E-state index is 12.0. The summed E-state index contributed by atoms with van der Waals surface area (Å²) in [5, 5.41) is 0. The summed E-state index contributed by atoms with van der Waals surface area (Å²) in [4.78, 5) is 23.8. The Morgan fingerprint density at radius 1 is 0.962 bits per heavy atom. The summed E-state index contributed by atoms with van der Waals surface area (Å²) >= 11 is 0. The Kier molecular flexibility index (Phi) is 6.84. The first-order valence-corrected chi connectivity index (χ1v) is 8.08. The van der Waals surface area contributed by atoms with Crippen LogP contribution in [0, 0.1) is 6.92 Å². The van der Waals surface area contributed by atoms with Gasteiger partial charge in [-0.2, -0.15) is 0 Å². The Hall–Kier alpha value is -3.22. The summed E-state index contributed by atoms with van der Waals surface area (Å²) in [5.74, 6) is 0.588. The van der Waals surface area contributed by atoms with Crippen LogP contribution in [-0.4, -0.2) is 31.6 Å². The molecule has 0 aromatic heterocycles. The van der Waals surface area contributed by atoms with Crippen LogP contribution in [0.5, 0.6) is 17.2 Å². The number of nitrogens with one attached hydrogen (secondary N) is 2. The van der Waals surface area contributed by atoms with Gasteiger partial charge in [-0.25, -0.2) is 0 Å². The van der Waals surface area contributed by atoms with Crippen LogP contribution in [0.2, 0.25) is 0 Å². The predicted octanol–water partition coefficient (Wildman–Crippen LogP) is 2.00. The lowest BCUT2D eigenvalue weighted by molar-refractivity contribution is -0.133. The molecule has 26 heavy (non-hydrogen) atoms. The quantitative estimate of drug-likeness (QED) is 0.740. The molecule has 2 aromatic carbocycles. The molecular weight excluding hydrogens is 336 g/mol. The number of benzene rings is 2. The molecule has 0 aliphatic carbocycles. The van der Waals surface area contributed by atoms with E-state index in [1.54, 1.807) is 37.3 Å². The fraction of sp³-hybridized carbons (Fsp3) is 0.263. The molecule has 2 N–H and O–H groups in total. The fourth-order valence-electron chi connectivity index (χ4n) is 2.08. The molecule has 2 rings (SSSR count). The molecule has 1 atom stereocenters. The maximum Gasteiger partial charge on any atom is 0.279 e. The van der Waals surface area contributed by atoms with Crippen molar-refractivity contribution in [3.8, 4) is 17.2 Å². The first kappa shape index (κ1) is 19.1. The van der Waals surface area contributed by atoms with Gasteiger partial charge in [0.25, 0.3) is 11.8 Å². The fourth-order valence-corrected chi connectivity index (χ4v) is 2.08. The minimum Gasteiger partial charge on any atom is -0.493 e. The summed E-state index contributed by atoms with van der Waals surface area (Å²) in [5.41, 5.74) is 5.52. The lowest BCUT2D eigenvalue weighted by Crippen LogP contribution is -2.48. The van der Waals surface area contributed by atoms with Crippen LogP contribution in [0.1, 0.15) is 12.5 Å². The third kappa shape index (κ3) is 5.41. The van der Waals surface area contributed by atoms with Gasteiger partial charge < -0.3 is 14.2 Å². The van der Waals surface area contributed by atoms with Crippen molar-refractivity contribution in [1.29, 1.82) is 0 Å². The van der Waals surface area contributed by atoms with Crippen LogP contribution in [-0.2, 0) is 9.59 Å². The molecule has 0 heterocycles. The normalized spacial score (nSPS) is 11.2. The van der Waals surface area contributed by atoms with Gasteiger partial charge in [0.05, 0.1) is 7.11 Å². The number of amides is 2. The van der Waals surface area contributed by atoms with Gasteiger partial charge in [0.2, 0.25) is 0 Å². The number of hydrogen-bond acceptors (Lipinski definition) is 5. The van der Waals surface area contributed by atoms with E-state index in [2.05, 4.69) is 10.9 Å². The first-order chi connectivity index (χ1) is 12.5. The van der Waals surface area contributed by atoms with Crippen LogP contribution < -0.4 is 25.1 Å². The van der Waals surface area contributed by atoms with Crippen molar-refractivity contribution in [3.63, 3.8) is 0 Å². The highest BCUT2D eigenvalue weighted by Gasteiger charge is 2.16. The van der Waals surface area contributed by atoms with Crippen molar-refractivity contribution < 1.29 is 23.8 Å². The second kappa shape index (κ2) is 9.31. The summed E-state index contributed by atoms with van der Waals surface area (Å²) in [6.07, 6.45) is -0.772. The SMILES string of the molecule is COc1ccccc1OCC(=O)NNC(=O)C(C)Oc1ccccc1C. The monoisotopic (exact) mass is 358 g/mol. The standard InChI is InChI=1S/C19H22N2O5/c1-13-8-4-5-9-15(13)26-14(2)19(23)21-20-18(22)12-25-17-11-7-6-10-16(17)24-3/h4-11,14H,12H2,1-3H3,(H,20,22)(H,21,23). The first-order valence-electron chi connectivity index (χ1n) is 8.08. The zero-order valence-electron chi connectivity index (χ0n) is 14.9. The smallest absolute Gasteiger partial charge is 0.279 e. The van der Waals surface area contributed by atoms with E-state index in [1.165, 1.54) is 7.11 Å². The molecule has 2 aromatic rings. The maximum atomic E-state index is 12.0. The molecule has 1 unspecified atom stereocenters. The van der Waals surface area contributed by atoms with Gasteiger partial charge in [-0.1, -0.05) is 30.3 Å². The van der Waals surface area contributed by atoms with Crippen LogP contribution in [0.3, 0.4) is 0 Å². The van der Waals surface area contributed by atoms with Crippen LogP contribution in [0.15, 0.2) is 48.5 Å². The summed E-state index contributed by atoms with van der Waals surface area (Å²) in [6.45, 7) is 3.21. The van der Waals surface area contributed by atoms with E-state index in [1.807, 2.05) is 25.1 Å². The molecule has 0 aliphatic heterocycles. The van der Waals surface area contributed by atoms with E-state index in [9.17, 15) is 9.59 Å². The van der Waals surface area contributed by atoms with Crippen LogP contribution in [0.4, 0.5) is 0 Å². The molecule has 0 saturated carbocycles. The van der Waals surface area contributed by atoms with Crippen molar-refractivity contribution in [1.82, 2.24) is 10.9 Å². The molecule has 2 amide bonds. The van der Waals surface area contributed by atoms with Gasteiger partial charge in [-0.05, 0) is 37.6 Å². The number of hydrogen-bond donors (Lipinski definition) is 2. The molecule has 0 aliphatic rings. The van der Waals surface area contributed by atoms with E-state index in [0.717, 1.165) is 5.56 Å². The predicted molar refractivity (Wildman–Crippen MR) is 96.0 cm³/mol. The number of carbonyl (C=O) groups is 2. The minimum atomic E-state index is -0.772. The lowest BCUT2D eigenvalue weighted by atomic mass is 10.2. The Labute approximate surface area is 152 Å². The molecule has 0 bridgehead atoms. The van der Waals surface area contributed by atoms with E-state index < -0.39 is 17.9 Å². The Balaban J connectivity index is 1.77. The van der Waals surface area contributed by atoms with E-state index in [4.69, 9.17) is 14.2 Å². The van der Waals surface area contributed by atoms with Crippen LogP contribution in [0.25, 0.3) is 0 Å². The molecule has 0 saturated heterocycles. The van der Waals surface area contributed by atoms with Crippen molar-refractivity contribution >= 4 is 11.8 Å². The topological polar surface area (TPSA) is 85.9 Å². The van der Waals surface area contributed by atoms with Crippen molar-refractivity contribution in [3.05, 3.63) is 54.1 Å². The third-order valence-corrected chi connectivity index (χ3v) is 3.52. The molecule has 0 spiro atoms. The second-order valence-corrected chi connectivity index (χ2v) is 5.50. The zero-order valence-corrected chi connectivity index (χ0v) is 14.9. The van der Waals surface area contributed by atoms with Crippen molar-refractivity contribution in [2.75, 3.05) is 13.7 Å². The van der Waals surface area contributed by atoms with Gasteiger partial charge in [0.15, 0.2) is 24.2 Å². The highest BCUT2D eigenvalue weighted by atomic mass is 16.5. The Morgan fingerprint density at radius 3 is 2.23 bits per heavy atom. The molecular formula is C19H22N2O5. The largest absolute Gasteiger partial charge is 0.493 e. The third-order valence-electron chi connectivity index (χ3n) is 3.52. The number of hydrazine groups is 1. The lowest BCUT2D eigenvalue weighted by Gasteiger charge is -2.16. The number of ether oxygens (including phenoxy) is 3. The molecule has 0 radical (unpaired) electrons. The van der Waals surface area contributed by atoms with Gasteiger partial charge in [-0.3, -0.25) is 20.4 Å². The van der Waals surface area contributed by atoms with Gasteiger partial charge in [-0.15, -0.1) is 0 Å². The van der Waals surface area contributed by atoms with Gasteiger partial charge >= 0.3 is 0 Å². The summed E-state index contributed by atoms with van der Waals surface area (Å²) in [6, 6.07) is 14.3. The zero-order chi connectivity index (χ0) is 18.9. The van der Waals surface area contributed by atoms with E-state index in [-0.39, 0.29) is 6.61 Å². The highest BCUT2D eigenvalue weighted by molar-refractivity contribution is 5.85. The van der Waals surface area contributed by atoms with Crippen molar-refractivity contribution in [2.45, 2.75) is 20.0 Å². The number of methoxy groups -OCH3 is 1. The highest BCUT2D eigenvalue weighted by Crippen LogP contribution is 2.25. The van der Waals surface area contributed by atoms with E-state index in [0.29, 0.717) is 17.2 Å². The van der Waals surface area contributed by atoms with Gasteiger partial charge in [0, 0.05) is 0 Å². The summed E-state index contributed by atoms with van der Waals surface area (Å²) in [7, 11) is 1.51. The average molecular weight is 358 g/mol. The minimum absolute atomic E-state index is 0.270. The number of carbonyl (C=O) groups excluding carboxylic acids is 2. The number of aryl methyl sites for hydroxylation is 1. The van der Waals surface area contributed by atoms with Gasteiger partial charge in [0.1, 0.15) is 5.75 Å². The second-order valence-electron chi connectivity index (χ2n) is 5.50. The molecule has 7 heteroatoms. The van der Waals surface area contributed by atoms with Crippen molar-refractivity contribution in [2.24, 2.45) is 0 Å². The number of rotatable bonds is 7. The molecule has 7 nitrogen and oxygen atoms in total. The summed E-state index contributed by atoms with van der Waals surface area (Å²) < 4.78 is 16.1. The Morgan fingerprint density at radius 2 is 1.58 bits per heavy atom. The Bertz CT molecular complexity index is 763. The average Bonchev–Trinajstić information content (AvgIpc) is 2.66. The van der Waals surface area contributed by atoms with Crippen LogP contribution >= 0.6 is 0 Å².